The minimum absolute atomic E-state index is 0.240. The fourth-order valence-electron chi connectivity index (χ4n) is 3.20. The predicted octanol–water partition coefficient (Wildman–Crippen LogP) is 4.00. The molecule has 2 fully saturated rings. The van der Waals surface area contributed by atoms with Gasteiger partial charge in [-0.1, -0.05) is 12.1 Å². The summed E-state index contributed by atoms with van der Waals surface area (Å²) in [5.74, 6) is 0.970. The number of amides is 1. The van der Waals surface area contributed by atoms with Gasteiger partial charge in [-0.25, -0.2) is 4.98 Å². The van der Waals surface area contributed by atoms with Gasteiger partial charge in [0.1, 0.15) is 5.01 Å². The molecule has 1 saturated heterocycles. The summed E-state index contributed by atoms with van der Waals surface area (Å²) in [6.07, 6.45) is 4.25. The number of carbonyl (C=O) groups excluding carboxylic acids is 1. The number of carbonyl (C=O) groups is 1. The SMILES string of the molecule is C[C@@H](NCc1nc(C2CC2)cs1)c1ccc(N2CCCC2=O)cc1. The van der Waals surface area contributed by atoms with Crippen molar-refractivity contribution in [2.24, 2.45) is 0 Å². The molecule has 0 radical (unpaired) electrons. The van der Waals surface area contributed by atoms with E-state index in [9.17, 15) is 4.79 Å². The Hall–Kier alpha value is -1.72. The van der Waals surface area contributed by atoms with Crippen molar-refractivity contribution in [3.05, 3.63) is 45.9 Å². The van der Waals surface area contributed by atoms with E-state index in [0.29, 0.717) is 6.42 Å². The Morgan fingerprint density at radius 3 is 2.79 bits per heavy atom. The molecule has 0 unspecified atom stereocenters. The number of hydrogen-bond acceptors (Lipinski definition) is 4. The van der Waals surface area contributed by atoms with Crippen LogP contribution in [0.4, 0.5) is 5.69 Å². The number of nitrogens with zero attached hydrogens (tertiary/aromatic N) is 2. The Kier molecular flexibility index (Phi) is 4.37. The van der Waals surface area contributed by atoms with Crippen molar-refractivity contribution < 1.29 is 4.79 Å². The standard InChI is InChI=1S/C19H23N3OS/c1-13(20-11-18-21-17(12-24-18)15-4-5-15)14-6-8-16(9-7-14)22-10-2-3-19(22)23/h6-9,12-13,15,20H,2-5,10-11H2,1H3/t13-/m1/s1. The van der Waals surface area contributed by atoms with Gasteiger partial charge in [0.2, 0.25) is 5.91 Å². The van der Waals surface area contributed by atoms with Gasteiger partial charge in [-0.05, 0) is 43.9 Å². The number of aromatic nitrogens is 1. The molecule has 24 heavy (non-hydrogen) atoms. The summed E-state index contributed by atoms with van der Waals surface area (Å²) in [4.78, 5) is 18.4. The van der Waals surface area contributed by atoms with Crippen molar-refractivity contribution in [1.29, 1.82) is 0 Å². The molecule has 1 aromatic heterocycles. The zero-order valence-electron chi connectivity index (χ0n) is 14.0. The Labute approximate surface area is 146 Å². The van der Waals surface area contributed by atoms with E-state index in [1.165, 1.54) is 29.1 Å². The van der Waals surface area contributed by atoms with Crippen LogP contribution in [0.3, 0.4) is 0 Å². The monoisotopic (exact) mass is 341 g/mol. The third kappa shape index (κ3) is 3.37. The minimum atomic E-state index is 0.240. The second-order valence-electron chi connectivity index (χ2n) is 6.78. The highest BCUT2D eigenvalue weighted by molar-refractivity contribution is 7.09. The van der Waals surface area contributed by atoms with Crippen molar-refractivity contribution >= 4 is 22.9 Å². The van der Waals surface area contributed by atoms with Crippen LogP contribution in [-0.2, 0) is 11.3 Å². The smallest absolute Gasteiger partial charge is 0.227 e. The van der Waals surface area contributed by atoms with Crippen molar-refractivity contribution in [2.75, 3.05) is 11.4 Å². The summed E-state index contributed by atoms with van der Waals surface area (Å²) >= 11 is 1.76. The molecule has 4 rings (SSSR count). The lowest BCUT2D eigenvalue weighted by Gasteiger charge is -2.18. The normalized spacial score (nSPS) is 19.0. The van der Waals surface area contributed by atoms with Gasteiger partial charge in [0.05, 0.1) is 5.69 Å². The second-order valence-corrected chi connectivity index (χ2v) is 7.73. The maximum atomic E-state index is 11.8. The van der Waals surface area contributed by atoms with Gasteiger partial charge in [-0.15, -0.1) is 11.3 Å². The van der Waals surface area contributed by atoms with Crippen LogP contribution >= 0.6 is 11.3 Å². The van der Waals surface area contributed by atoms with Crippen LogP contribution in [0, 0.1) is 0 Å². The minimum Gasteiger partial charge on any atom is -0.312 e. The molecule has 0 bridgehead atoms. The quantitative estimate of drug-likeness (QED) is 0.864. The second kappa shape index (κ2) is 6.65. The molecule has 1 atom stereocenters. The Bertz CT molecular complexity index is 720. The molecule has 1 saturated carbocycles. The lowest BCUT2D eigenvalue weighted by atomic mass is 10.1. The maximum absolute atomic E-state index is 11.8. The van der Waals surface area contributed by atoms with Gasteiger partial charge in [-0.3, -0.25) is 4.79 Å². The predicted molar refractivity (Wildman–Crippen MR) is 97.4 cm³/mol. The molecule has 126 valence electrons. The molecule has 5 heteroatoms. The molecule has 1 aromatic carbocycles. The highest BCUT2D eigenvalue weighted by Gasteiger charge is 2.26. The Morgan fingerprint density at radius 2 is 2.12 bits per heavy atom. The maximum Gasteiger partial charge on any atom is 0.227 e. The molecule has 0 spiro atoms. The fraction of sp³-hybridized carbons (Fsp3) is 0.474. The van der Waals surface area contributed by atoms with E-state index in [1.54, 1.807) is 11.3 Å². The summed E-state index contributed by atoms with van der Waals surface area (Å²) in [6, 6.07) is 8.63. The van der Waals surface area contributed by atoms with E-state index in [0.717, 1.165) is 31.1 Å². The van der Waals surface area contributed by atoms with Gasteiger partial charge < -0.3 is 10.2 Å². The van der Waals surface area contributed by atoms with Crippen LogP contribution in [-0.4, -0.2) is 17.4 Å². The van der Waals surface area contributed by atoms with Gasteiger partial charge in [0.25, 0.3) is 0 Å². The van der Waals surface area contributed by atoms with E-state index >= 15 is 0 Å². The largest absolute Gasteiger partial charge is 0.312 e. The number of nitrogens with one attached hydrogen (secondary N) is 1. The third-order valence-corrected chi connectivity index (χ3v) is 5.77. The first-order valence-electron chi connectivity index (χ1n) is 8.79. The van der Waals surface area contributed by atoms with Gasteiger partial charge >= 0.3 is 0 Å². The molecule has 1 aliphatic carbocycles. The van der Waals surface area contributed by atoms with E-state index in [1.807, 2.05) is 4.90 Å². The third-order valence-electron chi connectivity index (χ3n) is 4.90. The Morgan fingerprint density at radius 1 is 1.33 bits per heavy atom. The first-order valence-corrected chi connectivity index (χ1v) is 9.66. The lowest BCUT2D eigenvalue weighted by Crippen LogP contribution is -2.23. The van der Waals surface area contributed by atoms with E-state index in [-0.39, 0.29) is 11.9 Å². The van der Waals surface area contributed by atoms with Crippen LogP contribution in [0.1, 0.15) is 60.8 Å². The highest BCUT2D eigenvalue weighted by atomic mass is 32.1. The summed E-state index contributed by atoms with van der Waals surface area (Å²) in [7, 11) is 0. The van der Waals surface area contributed by atoms with Gasteiger partial charge in [0, 0.05) is 42.5 Å². The highest BCUT2D eigenvalue weighted by Crippen LogP contribution is 2.40. The summed E-state index contributed by atoms with van der Waals surface area (Å²) in [5, 5.41) is 6.93. The molecular formula is C19H23N3OS. The Balaban J connectivity index is 1.35. The van der Waals surface area contributed by atoms with Crippen molar-refractivity contribution in [1.82, 2.24) is 10.3 Å². The summed E-state index contributed by atoms with van der Waals surface area (Å²) in [5.41, 5.74) is 3.54. The molecule has 4 nitrogen and oxygen atoms in total. The molecule has 1 aliphatic heterocycles. The average molecular weight is 341 g/mol. The first kappa shape index (κ1) is 15.8. The van der Waals surface area contributed by atoms with E-state index < -0.39 is 0 Å². The zero-order chi connectivity index (χ0) is 16.5. The summed E-state index contributed by atoms with van der Waals surface area (Å²) in [6.45, 7) is 3.83. The number of anilines is 1. The number of rotatable bonds is 6. The average Bonchev–Trinajstić information content (AvgIpc) is 3.19. The molecule has 1 N–H and O–H groups in total. The molecule has 1 amide bonds. The number of hydrogen-bond donors (Lipinski definition) is 1. The first-order chi connectivity index (χ1) is 11.7. The van der Waals surface area contributed by atoms with Gasteiger partial charge in [0.15, 0.2) is 0 Å². The van der Waals surface area contributed by atoms with Crippen LogP contribution in [0.2, 0.25) is 0 Å². The van der Waals surface area contributed by atoms with Crippen LogP contribution in [0.15, 0.2) is 29.6 Å². The lowest BCUT2D eigenvalue weighted by molar-refractivity contribution is -0.117. The summed E-state index contributed by atoms with van der Waals surface area (Å²) < 4.78 is 0. The van der Waals surface area contributed by atoms with Crippen LogP contribution in [0.25, 0.3) is 0 Å². The molecular weight excluding hydrogens is 318 g/mol. The molecule has 2 heterocycles. The topological polar surface area (TPSA) is 45.2 Å². The molecule has 2 aromatic rings. The van der Waals surface area contributed by atoms with Crippen molar-refractivity contribution in [2.45, 2.75) is 51.1 Å². The number of thiazole rings is 1. The number of benzene rings is 1. The van der Waals surface area contributed by atoms with E-state index in [4.69, 9.17) is 4.98 Å². The van der Waals surface area contributed by atoms with E-state index in [2.05, 4.69) is 41.9 Å². The molecule has 2 aliphatic rings. The van der Waals surface area contributed by atoms with Crippen LogP contribution < -0.4 is 10.2 Å². The van der Waals surface area contributed by atoms with Crippen LogP contribution in [0.5, 0.6) is 0 Å². The van der Waals surface area contributed by atoms with Gasteiger partial charge in [-0.2, -0.15) is 0 Å². The van der Waals surface area contributed by atoms with Crippen molar-refractivity contribution in [3.63, 3.8) is 0 Å². The zero-order valence-corrected chi connectivity index (χ0v) is 14.8. The fourth-order valence-corrected chi connectivity index (χ4v) is 4.02. The van der Waals surface area contributed by atoms with Crippen molar-refractivity contribution in [3.8, 4) is 0 Å².